The number of anilines is 1. The van der Waals surface area contributed by atoms with Crippen molar-refractivity contribution in [1.82, 2.24) is 5.32 Å². The number of phenols is 1. The number of nitrogens with one attached hydrogen (secondary N) is 2. The number of fused-ring (bicyclic) bond motifs is 1. The molecule has 1 aromatic heterocycles. The van der Waals surface area contributed by atoms with Gasteiger partial charge in [0, 0.05) is 27.0 Å². The predicted molar refractivity (Wildman–Crippen MR) is 123 cm³/mol. The molecule has 3 N–H and O–H groups in total. The first-order valence-electron chi connectivity index (χ1n) is 9.12. The van der Waals surface area contributed by atoms with E-state index in [9.17, 15) is 9.90 Å². The molecule has 0 spiro atoms. The maximum atomic E-state index is 12.5. The van der Waals surface area contributed by atoms with Gasteiger partial charge in [-0.3, -0.25) is 10.1 Å². The maximum Gasteiger partial charge on any atom is 0.293 e. The molecule has 1 amide bonds. The summed E-state index contributed by atoms with van der Waals surface area (Å²) in [6.07, 6.45) is 0. The Bertz CT molecular complexity index is 1280. The highest BCUT2D eigenvalue weighted by Crippen LogP contribution is 2.30. The monoisotopic (exact) mass is 436 g/mol. The number of carbonyl (C=O) groups is 1. The van der Waals surface area contributed by atoms with Crippen LogP contribution in [0.1, 0.15) is 16.1 Å². The molecule has 1 heterocycles. The summed E-state index contributed by atoms with van der Waals surface area (Å²) in [6, 6.07) is 19.5. The van der Waals surface area contributed by atoms with Gasteiger partial charge in [0.1, 0.15) is 11.5 Å². The number of aryl methyl sites for hydroxylation is 1. The van der Waals surface area contributed by atoms with E-state index >= 15 is 0 Å². The molecule has 0 saturated carbocycles. The van der Waals surface area contributed by atoms with Crippen LogP contribution in [0, 0.1) is 6.92 Å². The van der Waals surface area contributed by atoms with Gasteiger partial charge in [-0.2, -0.15) is 0 Å². The lowest BCUT2D eigenvalue weighted by Crippen LogP contribution is -2.33. The van der Waals surface area contributed by atoms with Crippen LogP contribution >= 0.6 is 23.8 Å². The molecule has 7 heteroatoms. The van der Waals surface area contributed by atoms with Crippen LogP contribution in [0.3, 0.4) is 0 Å². The molecule has 5 nitrogen and oxygen atoms in total. The molecule has 0 fully saturated rings. The summed E-state index contributed by atoms with van der Waals surface area (Å²) in [5, 5.41) is 17.8. The Morgan fingerprint density at radius 2 is 1.80 bits per heavy atom. The molecular weight excluding hydrogens is 420 g/mol. The van der Waals surface area contributed by atoms with Crippen molar-refractivity contribution in [3.8, 4) is 17.1 Å². The zero-order chi connectivity index (χ0) is 21.3. The number of hydrogen-bond donors (Lipinski definition) is 3. The van der Waals surface area contributed by atoms with Crippen molar-refractivity contribution < 1.29 is 14.3 Å². The van der Waals surface area contributed by atoms with E-state index in [2.05, 4.69) is 10.6 Å². The molecule has 0 aliphatic rings. The lowest BCUT2D eigenvalue weighted by atomic mass is 10.1. The highest BCUT2D eigenvalue weighted by Gasteiger charge is 2.15. The molecule has 0 bridgehead atoms. The second kappa shape index (κ2) is 8.18. The number of halogens is 1. The summed E-state index contributed by atoms with van der Waals surface area (Å²) in [7, 11) is 0. The van der Waals surface area contributed by atoms with Gasteiger partial charge in [0.2, 0.25) is 0 Å². The molecular formula is C23H17ClN2O3S. The molecule has 0 unspecified atom stereocenters. The standard InChI is InChI=1S/C23H17ClN2O3S/c1-13-8-9-14(12-17(13)24)20-10-11-21(29-20)22(28)26-23(30)25-18-6-2-5-16-15(18)4-3-7-19(16)27/h2-12,27H,1H3,(H2,25,26,28,30). The molecule has 150 valence electrons. The fraction of sp³-hybridized carbons (Fsp3) is 0.0435. The summed E-state index contributed by atoms with van der Waals surface area (Å²) in [5.74, 6) is 0.359. The van der Waals surface area contributed by atoms with E-state index in [1.54, 1.807) is 42.5 Å². The number of aromatic hydroxyl groups is 1. The third-order valence-electron chi connectivity index (χ3n) is 4.66. The third kappa shape index (κ3) is 4.01. The van der Waals surface area contributed by atoms with Crippen molar-refractivity contribution in [1.29, 1.82) is 0 Å². The maximum absolute atomic E-state index is 12.5. The average molecular weight is 437 g/mol. The number of furan rings is 1. The summed E-state index contributed by atoms with van der Waals surface area (Å²) in [5.41, 5.74) is 2.41. The van der Waals surface area contributed by atoms with Gasteiger partial charge in [-0.05, 0) is 55.0 Å². The number of phenolic OH excluding ortho intramolecular Hbond substituents is 1. The van der Waals surface area contributed by atoms with Crippen molar-refractivity contribution in [2.75, 3.05) is 5.32 Å². The number of benzene rings is 3. The molecule has 0 aliphatic heterocycles. The van der Waals surface area contributed by atoms with E-state index in [1.807, 2.05) is 31.2 Å². The van der Waals surface area contributed by atoms with Gasteiger partial charge in [-0.25, -0.2) is 0 Å². The van der Waals surface area contributed by atoms with Crippen LogP contribution in [0.15, 0.2) is 71.1 Å². The Morgan fingerprint density at radius 3 is 2.60 bits per heavy atom. The first-order valence-corrected chi connectivity index (χ1v) is 9.90. The predicted octanol–water partition coefficient (Wildman–Crippen LogP) is 5.89. The fourth-order valence-corrected chi connectivity index (χ4v) is 3.47. The van der Waals surface area contributed by atoms with Gasteiger partial charge in [-0.15, -0.1) is 0 Å². The van der Waals surface area contributed by atoms with Crippen LogP contribution in [-0.2, 0) is 0 Å². The topological polar surface area (TPSA) is 74.5 Å². The van der Waals surface area contributed by atoms with Gasteiger partial charge in [0.25, 0.3) is 5.91 Å². The van der Waals surface area contributed by atoms with Crippen LogP contribution in [0.2, 0.25) is 5.02 Å². The number of rotatable bonds is 3. The number of hydrogen-bond acceptors (Lipinski definition) is 4. The summed E-state index contributed by atoms with van der Waals surface area (Å²) in [4.78, 5) is 12.5. The quantitative estimate of drug-likeness (QED) is 0.349. The van der Waals surface area contributed by atoms with E-state index in [1.165, 1.54) is 0 Å². The lowest BCUT2D eigenvalue weighted by Gasteiger charge is -2.11. The van der Waals surface area contributed by atoms with Crippen molar-refractivity contribution in [2.45, 2.75) is 6.92 Å². The summed E-state index contributed by atoms with van der Waals surface area (Å²) in [6.45, 7) is 1.92. The van der Waals surface area contributed by atoms with Crippen LogP contribution < -0.4 is 10.6 Å². The van der Waals surface area contributed by atoms with Gasteiger partial charge >= 0.3 is 0 Å². The smallest absolute Gasteiger partial charge is 0.293 e. The van der Waals surface area contributed by atoms with Crippen LogP contribution in [0.4, 0.5) is 5.69 Å². The molecule has 0 radical (unpaired) electrons. The largest absolute Gasteiger partial charge is 0.507 e. The Morgan fingerprint density at radius 1 is 1.03 bits per heavy atom. The highest BCUT2D eigenvalue weighted by atomic mass is 35.5. The van der Waals surface area contributed by atoms with Crippen molar-refractivity contribution in [2.24, 2.45) is 0 Å². The molecule has 4 aromatic rings. The Hall–Kier alpha value is -3.35. The van der Waals surface area contributed by atoms with E-state index in [0.717, 1.165) is 16.5 Å². The molecule has 30 heavy (non-hydrogen) atoms. The van der Waals surface area contributed by atoms with Gasteiger partial charge in [0.05, 0.1) is 0 Å². The number of thiocarbonyl (C=S) groups is 1. The average Bonchev–Trinajstić information content (AvgIpc) is 3.21. The molecule has 0 aliphatic carbocycles. The van der Waals surface area contributed by atoms with Gasteiger partial charge in [-0.1, -0.05) is 48.0 Å². The highest BCUT2D eigenvalue weighted by molar-refractivity contribution is 7.80. The SMILES string of the molecule is Cc1ccc(-c2ccc(C(=O)NC(=S)Nc3cccc4c(O)cccc34)o2)cc1Cl. The van der Waals surface area contributed by atoms with E-state index in [-0.39, 0.29) is 16.6 Å². The second-order valence-electron chi connectivity index (χ2n) is 6.71. The third-order valence-corrected chi connectivity index (χ3v) is 5.27. The second-order valence-corrected chi connectivity index (χ2v) is 7.53. The minimum atomic E-state index is -0.472. The Kier molecular flexibility index (Phi) is 5.44. The van der Waals surface area contributed by atoms with Gasteiger partial charge < -0.3 is 14.8 Å². The Labute approximate surface area is 183 Å². The minimum Gasteiger partial charge on any atom is -0.507 e. The van der Waals surface area contributed by atoms with Crippen LogP contribution in [0.25, 0.3) is 22.1 Å². The first-order chi connectivity index (χ1) is 14.4. The zero-order valence-corrected chi connectivity index (χ0v) is 17.5. The lowest BCUT2D eigenvalue weighted by molar-refractivity contribution is 0.0951. The minimum absolute atomic E-state index is 0.118. The van der Waals surface area contributed by atoms with E-state index < -0.39 is 5.91 Å². The van der Waals surface area contributed by atoms with Crippen molar-refractivity contribution in [3.63, 3.8) is 0 Å². The molecule has 0 atom stereocenters. The van der Waals surface area contributed by atoms with E-state index in [4.69, 9.17) is 28.2 Å². The molecule has 0 saturated heterocycles. The first kappa shape index (κ1) is 19.9. The zero-order valence-electron chi connectivity index (χ0n) is 15.9. The molecule has 3 aromatic carbocycles. The number of carbonyl (C=O) groups excluding carboxylic acids is 1. The van der Waals surface area contributed by atoms with Gasteiger partial charge in [0.15, 0.2) is 10.9 Å². The fourth-order valence-electron chi connectivity index (χ4n) is 3.08. The summed E-state index contributed by atoms with van der Waals surface area (Å²) >= 11 is 11.4. The summed E-state index contributed by atoms with van der Waals surface area (Å²) < 4.78 is 5.67. The normalized spacial score (nSPS) is 10.7. The van der Waals surface area contributed by atoms with Crippen molar-refractivity contribution in [3.05, 3.63) is 83.1 Å². The molecule has 4 rings (SSSR count). The van der Waals surface area contributed by atoms with E-state index in [0.29, 0.717) is 21.9 Å². The number of amides is 1. The van der Waals surface area contributed by atoms with Crippen LogP contribution in [0.5, 0.6) is 5.75 Å². The Balaban J connectivity index is 1.48. The van der Waals surface area contributed by atoms with Crippen molar-refractivity contribution >= 4 is 51.3 Å². The van der Waals surface area contributed by atoms with Crippen LogP contribution in [-0.4, -0.2) is 16.1 Å².